The lowest BCUT2D eigenvalue weighted by molar-refractivity contribution is 0.713. The van der Waals surface area contributed by atoms with Gasteiger partial charge in [-0.3, -0.25) is 0 Å². The van der Waals surface area contributed by atoms with E-state index >= 15 is 0 Å². The van der Waals surface area contributed by atoms with Crippen LogP contribution < -0.4 is 0 Å². The van der Waals surface area contributed by atoms with Gasteiger partial charge in [0.2, 0.25) is 0 Å². The molecule has 1 aromatic carbocycles. The Morgan fingerprint density at radius 3 is 1.65 bits per heavy atom. The van der Waals surface area contributed by atoms with Crippen molar-refractivity contribution < 1.29 is 0 Å². The molecule has 17 heavy (non-hydrogen) atoms. The summed E-state index contributed by atoms with van der Waals surface area (Å²) in [5.74, 6) is 2.07. The monoisotopic (exact) mass is 304 g/mol. The molecule has 0 aliphatic heterocycles. The third-order valence-corrected chi connectivity index (χ3v) is 3.21. The summed E-state index contributed by atoms with van der Waals surface area (Å²) in [5.41, 5.74) is 1.01. The maximum atomic E-state index is 4.83. The van der Waals surface area contributed by atoms with Crippen LogP contribution in [0.5, 0.6) is 0 Å². The van der Waals surface area contributed by atoms with Gasteiger partial charge in [0.25, 0.3) is 0 Å². The number of thiocarbonyl (C=S) groups is 1. The van der Waals surface area contributed by atoms with Crippen LogP contribution in [0.15, 0.2) is 30.3 Å². The molecule has 0 unspecified atom stereocenters. The van der Waals surface area contributed by atoms with Gasteiger partial charge < -0.3 is 0 Å². The highest BCUT2D eigenvalue weighted by Gasteiger charge is 1.89. The summed E-state index contributed by atoms with van der Waals surface area (Å²) in [5, 5.41) is 0. The number of unbranched alkanes of at least 4 members (excludes halogenated alkanes) is 3. The highest BCUT2D eigenvalue weighted by atomic mass is 32.1. The highest BCUT2D eigenvalue weighted by molar-refractivity contribution is 8.11. The zero-order chi connectivity index (χ0) is 12.9. The molecular weight excluding hydrogens is 284 g/mol. The molecule has 4 heteroatoms. The van der Waals surface area contributed by atoms with Crippen molar-refractivity contribution in [2.45, 2.75) is 25.7 Å². The summed E-state index contributed by atoms with van der Waals surface area (Å²) in [6, 6.07) is 9.72. The number of benzene rings is 1. The van der Waals surface area contributed by atoms with Gasteiger partial charge in [-0.05, 0) is 29.9 Å². The van der Waals surface area contributed by atoms with Crippen LogP contribution in [-0.2, 0) is 0 Å². The van der Waals surface area contributed by atoms with Crippen LogP contribution in [-0.4, -0.2) is 15.7 Å². The molecule has 0 aromatic heterocycles. The van der Waals surface area contributed by atoms with E-state index in [1.54, 1.807) is 0 Å². The second kappa shape index (κ2) is 12.8. The molecule has 0 heterocycles. The first-order chi connectivity index (χ1) is 8.22. The zero-order valence-electron chi connectivity index (χ0n) is 9.88. The van der Waals surface area contributed by atoms with E-state index in [0.717, 1.165) is 17.1 Å². The maximum Gasteiger partial charge on any atom is 0.0747 e. The number of hydrogen-bond acceptors (Lipinski definition) is 3. The van der Waals surface area contributed by atoms with Crippen molar-refractivity contribution in [3.8, 4) is 0 Å². The van der Waals surface area contributed by atoms with E-state index in [1.165, 1.54) is 25.7 Å². The van der Waals surface area contributed by atoms with E-state index in [1.807, 2.05) is 30.3 Å². The topological polar surface area (TPSA) is 0 Å². The minimum absolute atomic E-state index is 0.649. The Kier molecular flexibility index (Phi) is 13.1. The van der Waals surface area contributed by atoms with Crippen molar-refractivity contribution in [2.75, 3.05) is 11.5 Å². The Morgan fingerprint density at radius 1 is 0.882 bits per heavy atom. The van der Waals surface area contributed by atoms with Crippen molar-refractivity contribution in [1.82, 2.24) is 0 Å². The molecule has 1 aromatic rings. The number of thiol groups is 3. The summed E-state index contributed by atoms with van der Waals surface area (Å²) in [6.07, 6.45) is 5.17. The van der Waals surface area contributed by atoms with E-state index in [-0.39, 0.29) is 0 Å². The number of hydrogen-bond donors (Lipinski definition) is 3. The van der Waals surface area contributed by atoms with E-state index in [2.05, 4.69) is 37.9 Å². The molecule has 0 bridgehead atoms. The standard InChI is InChI=1S/C7H6S2.C6H14S2/c8-7(9)6-4-2-1-3-5-6;7-5-3-1-2-4-6-8/h1-5H,(H,8,9);7-8H,1-6H2. The van der Waals surface area contributed by atoms with E-state index in [9.17, 15) is 0 Å². The Bertz CT molecular complexity index is 279. The summed E-state index contributed by atoms with van der Waals surface area (Å²) in [4.78, 5) is 0. The summed E-state index contributed by atoms with van der Waals surface area (Å²) in [7, 11) is 0. The lowest BCUT2D eigenvalue weighted by atomic mass is 10.2. The second-order valence-corrected chi connectivity index (χ2v) is 5.59. The lowest BCUT2D eigenvalue weighted by Gasteiger charge is -1.93. The van der Waals surface area contributed by atoms with Gasteiger partial charge in [0.15, 0.2) is 0 Å². The van der Waals surface area contributed by atoms with E-state index < -0.39 is 0 Å². The van der Waals surface area contributed by atoms with Crippen LogP contribution in [0.2, 0.25) is 0 Å². The first-order valence-corrected chi connectivity index (χ1v) is 7.84. The maximum absolute atomic E-state index is 4.83. The van der Waals surface area contributed by atoms with E-state index in [4.69, 9.17) is 12.2 Å². The van der Waals surface area contributed by atoms with Crippen LogP contribution in [0.4, 0.5) is 0 Å². The Labute approximate surface area is 127 Å². The molecule has 0 aliphatic rings. The summed E-state index contributed by atoms with van der Waals surface area (Å²) >= 11 is 17.1. The van der Waals surface area contributed by atoms with Gasteiger partial charge in [-0.2, -0.15) is 25.3 Å². The minimum atomic E-state index is 0.649. The van der Waals surface area contributed by atoms with Crippen LogP contribution in [0.1, 0.15) is 31.2 Å². The molecule has 0 aliphatic carbocycles. The smallest absolute Gasteiger partial charge is 0.0747 e. The predicted octanol–water partition coefficient (Wildman–Crippen LogP) is 4.70. The van der Waals surface area contributed by atoms with Crippen molar-refractivity contribution >= 4 is 54.3 Å². The zero-order valence-corrected chi connectivity index (χ0v) is 13.4. The molecule has 0 amide bonds. The van der Waals surface area contributed by atoms with Crippen LogP contribution in [0, 0.1) is 0 Å². The summed E-state index contributed by atoms with van der Waals surface area (Å²) in [6.45, 7) is 0. The number of rotatable bonds is 6. The first kappa shape index (κ1) is 17.4. The third-order valence-electron chi connectivity index (χ3n) is 2.09. The molecule has 0 nitrogen and oxygen atoms in total. The minimum Gasteiger partial charge on any atom is -0.179 e. The molecule has 0 N–H and O–H groups in total. The molecule has 0 radical (unpaired) electrons. The molecule has 1 rings (SSSR count). The average Bonchev–Trinajstić information content (AvgIpc) is 2.37. The fourth-order valence-corrected chi connectivity index (χ4v) is 1.89. The van der Waals surface area contributed by atoms with Crippen LogP contribution in [0.3, 0.4) is 0 Å². The molecule has 96 valence electrons. The van der Waals surface area contributed by atoms with Gasteiger partial charge in [-0.15, -0.1) is 12.6 Å². The van der Waals surface area contributed by atoms with Gasteiger partial charge in [0, 0.05) is 0 Å². The molecule has 0 fully saturated rings. The quantitative estimate of drug-likeness (QED) is 0.389. The SMILES string of the molecule is S=C(S)c1ccccc1.SCCCCCCS. The Morgan fingerprint density at radius 2 is 1.35 bits per heavy atom. The second-order valence-electron chi connectivity index (χ2n) is 3.53. The normalized spacial score (nSPS) is 9.35. The average molecular weight is 305 g/mol. The van der Waals surface area contributed by atoms with Gasteiger partial charge in [-0.25, -0.2) is 0 Å². The Balaban J connectivity index is 0.000000304. The molecule has 0 spiro atoms. The van der Waals surface area contributed by atoms with Crippen LogP contribution in [0.25, 0.3) is 0 Å². The highest BCUT2D eigenvalue weighted by Crippen LogP contribution is 2.02. The van der Waals surface area contributed by atoms with E-state index in [0.29, 0.717) is 4.20 Å². The first-order valence-electron chi connectivity index (χ1n) is 5.72. The van der Waals surface area contributed by atoms with Crippen molar-refractivity contribution in [3.05, 3.63) is 35.9 Å². The van der Waals surface area contributed by atoms with Gasteiger partial charge in [0.1, 0.15) is 0 Å². The fourth-order valence-electron chi connectivity index (χ4n) is 1.16. The van der Waals surface area contributed by atoms with Crippen LogP contribution >= 0.6 is 50.1 Å². The third kappa shape index (κ3) is 11.2. The predicted molar refractivity (Wildman–Crippen MR) is 93.3 cm³/mol. The van der Waals surface area contributed by atoms with Crippen molar-refractivity contribution in [3.63, 3.8) is 0 Å². The van der Waals surface area contributed by atoms with Gasteiger partial charge in [0.05, 0.1) is 4.20 Å². The molecule has 0 saturated carbocycles. The molecular formula is C13H20S4. The van der Waals surface area contributed by atoms with Crippen molar-refractivity contribution in [2.24, 2.45) is 0 Å². The molecule has 0 atom stereocenters. The fraction of sp³-hybridized carbons (Fsp3) is 0.462. The van der Waals surface area contributed by atoms with Gasteiger partial charge in [-0.1, -0.05) is 55.4 Å². The lowest BCUT2D eigenvalue weighted by Crippen LogP contribution is -1.83. The van der Waals surface area contributed by atoms with Crippen molar-refractivity contribution in [1.29, 1.82) is 0 Å². The van der Waals surface area contributed by atoms with Gasteiger partial charge >= 0.3 is 0 Å². The largest absolute Gasteiger partial charge is 0.179 e. The summed E-state index contributed by atoms with van der Waals surface area (Å²) < 4.78 is 0.649. The Hall–Kier alpha value is 0.360. The molecule has 0 saturated heterocycles.